The molecule has 0 saturated heterocycles. The van der Waals surface area contributed by atoms with E-state index < -0.39 is 27.5 Å². The molecule has 0 amide bonds. The van der Waals surface area contributed by atoms with Crippen molar-refractivity contribution < 1.29 is 17.2 Å². The first kappa shape index (κ1) is 23.3. The molecular weight excluding hydrogens is 374 g/mol. The molecule has 0 radical (unpaired) electrons. The van der Waals surface area contributed by atoms with Gasteiger partial charge in [-0.3, -0.25) is 4.99 Å². The minimum atomic E-state index is -3.04. The van der Waals surface area contributed by atoms with Crippen molar-refractivity contribution in [2.24, 2.45) is 4.99 Å². The van der Waals surface area contributed by atoms with E-state index in [0.717, 1.165) is 0 Å². The molecule has 0 aromatic heterocycles. The van der Waals surface area contributed by atoms with Crippen LogP contribution in [0.15, 0.2) is 23.2 Å². The van der Waals surface area contributed by atoms with Crippen LogP contribution in [0.1, 0.15) is 31.9 Å². The summed E-state index contributed by atoms with van der Waals surface area (Å²) in [6, 6.07) is 3.10. The molecule has 154 valence electrons. The minimum Gasteiger partial charge on any atom is -0.357 e. The maximum Gasteiger partial charge on any atom is 0.191 e. The summed E-state index contributed by atoms with van der Waals surface area (Å²) in [6.07, 6.45) is 1.63. The van der Waals surface area contributed by atoms with Gasteiger partial charge in [-0.25, -0.2) is 17.2 Å². The van der Waals surface area contributed by atoms with Crippen LogP contribution in [0.25, 0.3) is 0 Å². The van der Waals surface area contributed by atoms with Gasteiger partial charge in [0.15, 0.2) is 5.96 Å². The van der Waals surface area contributed by atoms with Crippen LogP contribution in [0.2, 0.25) is 0 Å². The number of rotatable bonds is 9. The summed E-state index contributed by atoms with van der Waals surface area (Å²) in [5.41, 5.74) is -0.0211. The van der Waals surface area contributed by atoms with Crippen LogP contribution in [0.5, 0.6) is 0 Å². The number of nitrogens with one attached hydrogen (secondary N) is 2. The molecule has 9 heteroatoms. The zero-order valence-electron chi connectivity index (χ0n) is 16.6. The maximum absolute atomic E-state index is 14.2. The average Bonchev–Trinajstić information content (AvgIpc) is 2.54. The van der Waals surface area contributed by atoms with Crippen molar-refractivity contribution in [1.82, 2.24) is 15.5 Å². The summed E-state index contributed by atoms with van der Waals surface area (Å²) in [6.45, 7) is 4.50. The fourth-order valence-electron chi connectivity index (χ4n) is 2.54. The lowest BCUT2D eigenvalue weighted by atomic mass is 10.0. The third kappa shape index (κ3) is 8.21. The highest BCUT2D eigenvalue weighted by Crippen LogP contribution is 2.24. The molecule has 0 aliphatic carbocycles. The summed E-state index contributed by atoms with van der Waals surface area (Å²) >= 11 is 0. The number of likely N-dealkylation sites (N-methyl/N-ethyl adjacent to an activating group) is 1. The molecule has 0 saturated carbocycles. The van der Waals surface area contributed by atoms with E-state index in [1.807, 2.05) is 13.8 Å². The molecule has 0 spiro atoms. The Kier molecular flexibility index (Phi) is 9.11. The predicted octanol–water partition coefficient (Wildman–Crippen LogP) is 1.95. The van der Waals surface area contributed by atoms with Gasteiger partial charge >= 0.3 is 0 Å². The second-order valence-corrected chi connectivity index (χ2v) is 9.06. The van der Waals surface area contributed by atoms with Gasteiger partial charge in [0.2, 0.25) is 0 Å². The van der Waals surface area contributed by atoms with Crippen LogP contribution < -0.4 is 10.6 Å². The van der Waals surface area contributed by atoms with Crippen molar-refractivity contribution in [2.75, 3.05) is 39.2 Å². The van der Waals surface area contributed by atoms with Gasteiger partial charge in [-0.2, -0.15) is 0 Å². The highest BCUT2D eigenvalue weighted by Gasteiger charge is 2.22. The zero-order chi connectivity index (χ0) is 20.6. The number of hydrogen-bond donors (Lipinski definition) is 2. The molecule has 1 aromatic carbocycles. The molecule has 1 rings (SSSR count). The van der Waals surface area contributed by atoms with Crippen LogP contribution in [0.4, 0.5) is 8.78 Å². The Morgan fingerprint density at radius 3 is 2.33 bits per heavy atom. The normalized spacial score (nSPS) is 14.9. The number of benzene rings is 1. The summed E-state index contributed by atoms with van der Waals surface area (Å²) in [5, 5.41) is 6.20. The van der Waals surface area contributed by atoms with E-state index in [0.29, 0.717) is 18.9 Å². The van der Waals surface area contributed by atoms with Gasteiger partial charge in [-0.05, 0) is 46.5 Å². The molecule has 0 fully saturated rings. The Morgan fingerprint density at radius 1 is 1.26 bits per heavy atom. The quantitative estimate of drug-likeness (QED) is 0.486. The van der Waals surface area contributed by atoms with Crippen LogP contribution in [-0.2, 0) is 9.84 Å². The van der Waals surface area contributed by atoms with E-state index in [1.54, 1.807) is 19.0 Å². The minimum absolute atomic E-state index is 0.0211. The van der Waals surface area contributed by atoms with Crippen molar-refractivity contribution >= 4 is 15.8 Å². The van der Waals surface area contributed by atoms with Gasteiger partial charge in [0.1, 0.15) is 21.5 Å². The van der Waals surface area contributed by atoms with Gasteiger partial charge in [0.25, 0.3) is 0 Å². The molecule has 0 aliphatic heterocycles. The van der Waals surface area contributed by atoms with Crippen LogP contribution in [0.3, 0.4) is 0 Å². The molecule has 2 atom stereocenters. The van der Waals surface area contributed by atoms with Crippen molar-refractivity contribution in [3.05, 3.63) is 35.4 Å². The lowest BCUT2D eigenvalue weighted by Gasteiger charge is -2.25. The fraction of sp³-hybridized carbons (Fsp3) is 0.611. The van der Waals surface area contributed by atoms with Crippen LogP contribution in [-0.4, -0.2) is 64.5 Å². The third-order valence-corrected chi connectivity index (χ3v) is 5.00. The highest BCUT2D eigenvalue weighted by molar-refractivity contribution is 7.90. The van der Waals surface area contributed by atoms with E-state index in [9.17, 15) is 17.2 Å². The average molecular weight is 405 g/mol. The van der Waals surface area contributed by atoms with E-state index in [4.69, 9.17) is 0 Å². The van der Waals surface area contributed by atoms with Gasteiger partial charge in [-0.15, -0.1) is 0 Å². The highest BCUT2D eigenvalue weighted by atomic mass is 32.2. The first-order valence-electron chi connectivity index (χ1n) is 8.88. The molecule has 0 heterocycles. The van der Waals surface area contributed by atoms with Crippen molar-refractivity contribution in [2.45, 2.75) is 32.4 Å². The molecule has 27 heavy (non-hydrogen) atoms. The van der Waals surface area contributed by atoms with Crippen molar-refractivity contribution in [3.8, 4) is 0 Å². The van der Waals surface area contributed by atoms with E-state index in [-0.39, 0.29) is 23.9 Å². The molecule has 1 aromatic rings. The monoisotopic (exact) mass is 404 g/mol. The van der Waals surface area contributed by atoms with Crippen LogP contribution >= 0.6 is 0 Å². The number of aliphatic imine (C=N–C) groups is 1. The topological polar surface area (TPSA) is 73.8 Å². The Hall–Kier alpha value is -1.74. The first-order valence-corrected chi connectivity index (χ1v) is 10.9. The van der Waals surface area contributed by atoms with Gasteiger partial charge < -0.3 is 15.5 Å². The Balaban J connectivity index is 2.93. The lowest BCUT2D eigenvalue weighted by Crippen LogP contribution is -2.43. The number of guanidine groups is 1. The van der Waals surface area contributed by atoms with Crippen LogP contribution in [0, 0.1) is 11.6 Å². The number of sulfone groups is 1. The predicted molar refractivity (Wildman–Crippen MR) is 106 cm³/mol. The number of halogens is 2. The van der Waals surface area contributed by atoms with Gasteiger partial charge in [0.05, 0.1) is 18.3 Å². The second kappa shape index (κ2) is 10.6. The molecular formula is C18H30F2N4O2S. The summed E-state index contributed by atoms with van der Waals surface area (Å²) < 4.78 is 50.9. The van der Waals surface area contributed by atoms with E-state index >= 15 is 0 Å². The molecule has 0 bridgehead atoms. The largest absolute Gasteiger partial charge is 0.357 e. The number of hydrogen-bond acceptors (Lipinski definition) is 4. The van der Waals surface area contributed by atoms with Gasteiger partial charge in [-0.1, -0.05) is 6.07 Å². The van der Waals surface area contributed by atoms with E-state index in [1.165, 1.54) is 24.5 Å². The first-order chi connectivity index (χ1) is 12.5. The Labute approximate surface area is 161 Å². The smallest absolute Gasteiger partial charge is 0.191 e. The maximum atomic E-state index is 14.2. The summed E-state index contributed by atoms with van der Waals surface area (Å²) in [7, 11) is 0.434. The SMILES string of the molecule is CCNC(=NCC(c1c(F)cccc1F)N(C)C)NC(C)CCS(C)(=O)=O. The van der Waals surface area contributed by atoms with E-state index in [2.05, 4.69) is 15.6 Å². The molecule has 2 unspecified atom stereocenters. The summed E-state index contributed by atoms with van der Waals surface area (Å²) in [5.74, 6) is -0.671. The number of nitrogens with zero attached hydrogens (tertiary/aromatic N) is 2. The molecule has 0 aliphatic rings. The molecule has 6 nitrogen and oxygen atoms in total. The molecule has 2 N–H and O–H groups in total. The third-order valence-electron chi connectivity index (χ3n) is 4.03. The standard InChI is InChI=1S/C18H30F2N4O2S/c1-6-21-18(23-13(2)10-11-27(5,25)26)22-12-16(24(3)4)17-14(19)8-7-9-15(17)20/h7-9,13,16H,6,10-12H2,1-5H3,(H2,21,22,23). The van der Waals surface area contributed by atoms with Gasteiger partial charge in [0, 0.05) is 24.4 Å². The summed E-state index contributed by atoms with van der Waals surface area (Å²) in [4.78, 5) is 6.16. The second-order valence-electron chi connectivity index (χ2n) is 6.80. The van der Waals surface area contributed by atoms with Crippen molar-refractivity contribution in [1.29, 1.82) is 0 Å². The Morgan fingerprint density at radius 2 is 1.85 bits per heavy atom. The Bertz CT molecular complexity index is 719. The fourth-order valence-corrected chi connectivity index (χ4v) is 3.32. The zero-order valence-corrected chi connectivity index (χ0v) is 17.4. The van der Waals surface area contributed by atoms with Crippen molar-refractivity contribution in [3.63, 3.8) is 0 Å². The lowest BCUT2D eigenvalue weighted by molar-refractivity contribution is 0.290.